The summed E-state index contributed by atoms with van der Waals surface area (Å²) in [6.07, 6.45) is 1.67. The van der Waals surface area contributed by atoms with Gasteiger partial charge in [-0.05, 0) is 12.1 Å². The zero-order chi connectivity index (χ0) is 14.8. The minimum absolute atomic E-state index is 0.0506. The van der Waals surface area contributed by atoms with Crippen molar-refractivity contribution in [3.8, 4) is 0 Å². The molecule has 0 spiro atoms. The van der Waals surface area contributed by atoms with E-state index < -0.39 is 5.41 Å². The highest BCUT2D eigenvalue weighted by atomic mass is 16.2. The number of rotatable bonds is 3. The van der Waals surface area contributed by atoms with Crippen molar-refractivity contribution in [3.05, 3.63) is 36.4 Å². The fraction of sp³-hybridized carbons (Fsp3) is 0.250. The molecule has 0 saturated carbocycles. The third-order valence-corrected chi connectivity index (χ3v) is 3.04. The van der Waals surface area contributed by atoms with Crippen LogP contribution in [0.15, 0.2) is 36.4 Å². The molecule has 0 fully saturated rings. The average Bonchev–Trinajstić information content (AvgIpc) is 2.40. The molecule has 20 heavy (non-hydrogen) atoms. The molecule has 0 bridgehead atoms. The predicted molar refractivity (Wildman–Crippen MR) is 81.3 cm³/mol. The molecule has 2 aromatic carbocycles. The summed E-state index contributed by atoms with van der Waals surface area (Å²) in [7, 11) is 0. The first kappa shape index (κ1) is 14.1. The van der Waals surface area contributed by atoms with Crippen LogP contribution < -0.4 is 10.6 Å². The van der Waals surface area contributed by atoms with Crippen LogP contribution in [0.5, 0.6) is 0 Å². The SMILES string of the molecule is CC(C)(C)C(=O)Nc1ccc(N[C]=O)c2ccccc12. The monoisotopic (exact) mass is 269 g/mol. The lowest BCUT2D eigenvalue weighted by atomic mass is 9.95. The molecule has 0 aliphatic heterocycles. The van der Waals surface area contributed by atoms with Gasteiger partial charge in [0.05, 0.1) is 0 Å². The van der Waals surface area contributed by atoms with E-state index in [0.29, 0.717) is 5.69 Å². The van der Waals surface area contributed by atoms with Crippen LogP contribution in [0.4, 0.5) is 11.4 Å². The van der Waals surface area contributed by atoms with Crippen molar-refractivity contribution in [1.29, 1.82) is 0 Å². The Morgan fingerprint density at radius 3 is 2.10 bits per heavy atom. The summed E-state index contributed by atoms with van der Waals surface area (Å²) < 4.78 is 0. The van der Waals surface area contributed by atoms with Gasteiger partial charge in [-0.1, -0.05) is 45.0 Å². The lowest BCUT2D eigenvalue weighted by Crippen LogP contribution is -2.27. The molecule has 0 atom stereocenters. The van der Waals surface area contributed by atoms with E-state index in [-0.39, 0.29) is 5.91 Å². The van der Waals surface area contributed by atoms with Gasteiger partial charge in [-0.15, -0.1) is 0 Å². The van der Waals surface area contributed by atoms with Crippen LogP contribution in [-0.2, 0) is 9.59 Å². The smallest absolute Gasteiger partial charge is 0.314 e. The van der Waals surface area contributed by atoms with Crippen LogP contribution in [0.2, 0.25) is 0 Å². The van der Waals surface area contributed by atoms with Crippen LogP contribution in [0, 0.1) is 5.41 Å². The first-order valence-electron chi connectivity index (χ1n) is 6.40. The first-order valence-corrected chi connectivity index (χ1v) is 6.40. The van der Waals surface area contributed by atoms with Gasteiger partial charge in [0.2, 0.25) is 5.91 Å². The number of carbonyl (C=O) groups is 1. The molecule has 2 amide bonds. The maximum absolute atomic E-state index is 12.1. The Bertz CT molecular complexity index is 657. The number of benzene rings is 2. The van der Waals surface area contributed by atoms with E-state index in [9.17, 15) is 9.59 Å². The van der Waals surface area contributed by atoms with Crippen LogP contribution in [-0.4, -0.2) is 12.3 Å². The van der Waals surface area contributed by atoms with Crippen molar-refractivity contribution >= 4 is 34.5 Å². The van der Waals surface area contributed by atoms with Gasteiger partial charge in [0.15, 0.2) is 0 Å². The molecule has 0 saturated heterocycles. The summed E-state index contributed by atoms with van der Waals surface area (Å²) in [6.45, 7) is 5.59. The van der Waals surface area contributed by atoms with Crippen LogP contribution in [0.3, 0.4) is 0 Å². The Morgan fingerprint density at radius 1 is 1.00 bits per heavy atom. The van der Waals surface area contributed by atoms with E-state index in [2.05, 4.69) is 10.6 Å². The summed E-state index contributed by atoms with van der Waals surface area (Å²) in [4.78, 5) is 22.6. The number of fused-ring (bicyclic) bond motifs is 1. The van der Waals surface area contributed by atoms with Crippen molar-refractivity contribution in [1.82, 2.24) is 0 Å². The van der Waals surface area contributed by atoms with Crippen LogP contribution in [0.1, 0.15) is 20.8 Å². The predicted octanol–water partition coefficient (Wildman–Crippen LogP) is 3.30. The van der Waals surface area contributed by atoms with Gasteiger partial charge in [0.1, 0.15) is 0 Å². The molecule has 0 aromatic heterocycles. The highest BCUT2D eigenvalue weighted by molar-refractivity contribution is 6.08. The van der Waals surface area contributed by atoms with Gasteiger partial charge >= 0.3 is 6.41 Å². The number of anilines is 2. The lowest BCUT2D eigenvalue weighted by molar-refractivity contribution is -0.123. The third kappa shape index (κ3) is 2.79. The zero-order valence-electron chi connectivity index (χ0n) is 11.8. The Morgan fingerprint density at radius 2 is 1.55 bits per heavy atom. The summed E-state index contributed by atoms with van der Waals surface area (Å²) in [5.41, 5.74) is 0.940. The summed E-state index contributed by atoms with van der Waals surface area (Å²) in [5.74, 6) is -0.0506. The average molecular weight is 269 g/mol. The molecule has 1 radical (unpaired) electrons. The fourth-order valence-corrected chi connectivity index (χ4v) is 1.88. The number of hydrogen-bond acceptors (Lipinski definition) is 2. The van der Waals surface area contributed by atoms with Crippen molar-refractivity contribution < 1.29 is 9.59 Å². The number of hydrogen-bond donors (Lipinski definition) is 2. The molecule has 4 heteroatoms. The molecule has 4 nitrogen and oxygen atoms in total. The maximum Gasteiger partial charge on any atom is 0.314 e. The largest absolute Gasteiger partial charge is 0.325 e. The fourth-order valence-electron chi connectivity index (χ4n) is 1.88. The van der Waals surface area contributed by atoms with Gasteiger partial charge in [-0.2, -0.15) is 0 Å². The molecule has 0 aliphatic carbocycles. The minimum Gasteiger partial charge on any atom is -0.325 e. The summed E-state index contributed by atoms with van der Waals surface area (Å²) in [5, 5.41) is 7.22. The topological polar surface area (TPSA) is 58.2 Å². The van der Waals surface area contributed by atoms with Gasteiger partial charge in [-0.25, -0.2) is 0 Å². The van der Waals surface area contributed by atoms with E-state index in [1.807, 2.05) is 45.0 Å². The van der Waals surface area contributed by atoms with Gasteiger partial charge < -0.3 is 10.6 Å². The maximum atomic E-state index is 12.1. The highest BCUT2D eigenvalue weighted by Gasteiger charge is 2.21. The molecule has 0 heterocycles. The van der Waals surface area contributed by atoms with Crippen molar-refractivity contribution in [2.24, 2.45) is 5.41 Å². The van der Waals surface area contributed by atoms with Crippen molar-refractivity contribution in [3.63, 3.8) is 0 Å². The summed E-state index contributed by atoms with van der Waals surface area (Å²) >= 11 is 0. The second-order valence-electron chi connectivity index (χ2n) is 5.64. The van der Waals surface area contributed by atoms with E-state index in [1.54, 1.807) is 18.5 Å². The molecule has 2 N–H and O–H groups in total. The highest BCUT2D eigenvalue weighted by Crippen LogP contribution is 2.30. The van der Waals surface area contributed by atoms with E-state index >= 15 is 0 Å². The summed E-state index contributed by atoms with van der Waals surface area (Å²) in [6, 6.07) is 11.1. The Balaban J connectivity index is 2.48. The number of nitrogens with one attached hydrogen (secondary N) is 2. The molecular weight excluding hydrogens is 252 g/mol. The van der Waals surface area contributed by atoms with Crippen molar-refractivity contribution in [2.75, 3.05) is 10.6 Å². The normalized spacial score (nSPS) is 11.2. The Labute approximate surface area is 118 Å². The van der Waals surface area contributed by atoms with Gasteiger partial charge in [-0.3, -0.25) is 9.59 Å². The lowest BCUT2D eigenvalue weighted by Gasteiger charge is -2.19. The van der Waals surface area contributed by atoms with E-state index in [1.165, 1.54) is 0 Å². The molecular formula is C16H17N2O2. The standard InChI is InChI=1S/C16H17N2O2/c1-16(2,3)15(20)18-14-9-8-13(17-10-19)11-6-4-5-7-12(11)14/h4-9H,1-3H3,(H,17,19)(H,18,20). The molecule has 103 valence electrons. The molecule has 2 rings (SSSR count). The van der Waals surface area contributed by atoms with Crippen LogP contribution >= 0.6 is 0 Å². The number of amides is 2. The Hall–Kier alpha value is -2.36. The molecule has 0 aliphatic rings. The minimum atomic E-state index is -0.464. The molecule has 0 unspecified atom stereocenters. The van der Waals surface area contributed by atoms with E-state index in [0.717, 1.165) is 16.5 Å². The van der Waals surface area contributed by atoms with E-state index in [4.69, 9.17) is 0 Å². The third-order valence-electron chi connectivity index (χ3n) is 3.04. The second-order valence-corrected chi connectivity index (χ2v) is 5.64. The first-order chi connectivity index (χ1) is 9.43. The van der Waals surface area contributed by atoms with Crippen LogP contribution in [0.25, 0.3) is 10.8 Å². The zero-order valence-corrected chi connectivity index (χ0v) is 11.8. The van der Waals surface area contributed by atoms with Crippen molar-refractivity contribution in [2.45, 2.75) is 20.8 Å². The number of carbonyl (C=O) groups excluding carboxylic acids is 2. The van der Waals surface area contributed by atoms with Gasteiger partial charge in [0.25, 0.3) is 0 Å². The molecule has 2 aromatic rings. The Kier molecular flexibility index (Phi) is 3.74. The quantitative estimate of drug-likeness (QED) is 0.840. The van der Waals surface area contributed by atoms with Gasteiger partial charge in [0, 0.05) is 27.6 Å². The second kappa shape index (κ2) is 5.33.